The van der Waals surface area contributed by atoms with Crippen molar-refractivity contribution in [1.82, 2.24) is 19.9 Å². The van der Waals surface area contributed by atoms with E-state index in [9.17, 15) is 4.79 Å². The molecule has 5 rings (SSSR count). The van der Waals surface area contributed by atoms with Crippen molar-refractivity contribution in [2.45, 2.75) is 20.4 Å². The molecule has 0 aliphatic heterocycles. The number of benzene rings is 1. The molecule has 0 spiro atoms. The number of para-hydroxylation sites is 1. The van der Waals surface area contributed by atoms with Gasteiger partial charge in [0.05, 0.1) is 29.7 Å². The minimum atomic E-state index is -0.151. The van der Waals surface area contributed by atoms with Gasteiger partial charge < -0.3 is 14.6 Å². The Morgan fingerprint density at radius 2 is 1.94 bits per heavy atom. The molecule has 1 N–H and O–H groups in total. The highest BCUT2D eigenvalue weighted by molar-refractivity contribution is 5.95. The van der Waals surface area contributed by atoms with Gasteiger partial charge in [-0.05, 0) is 44.2 Å². The molecule has 4 aromatic heterocycles. The van der Waals surface area contributed by atoms with Crippen molar-refractivity contribution >= 4 is 11.6 Å². The highest BCUT2D eigenvalue weighted by Gasteiger charge is 2.17. The van der Waals surface area contributed by atoms with Crippen molar-refractivity contribution in [2.75, 3.05) is 6.54 Å². The molecule has 0 unspecified atom stereocenters. The third kappa shape index (κ3) is 4.38. The monoisotopic (exact) mass is 454 g/mol. The van der Waals surface area contributed by atoms with Crippen LogP contribution in [0.5, 0.6) is 11.5 Å². The van der Waals surface area contributed by atoms with Gasteiger partial charge in [-0.25, -0.2) is 4.98 Å². The Morgan fingerprint density at radius 3 is 2.74 bits per heavy atom. The molecule has 0 radical (unpaired) electrons. The summed E-state index contributed by atoms with van der Waals surface area (Å²) in [5, 5.41) is 6.99. The molecule has 8 nitrogen and oxygen atoms in total. The van der Waals surface area contributed by atoms with Gasteiger partial charge in [0.15, 0.2) is 18.5 Å². The summed E-state index contributed by atoms with van der Waals surface area (Å²) in [5.41, 5.74) is 3.83. The fourth-order valence-corrected chi connectivity index (χ4v) is 3.88. The highest BCUT2D eigenvalue weighted by atomic mass is 16.5. The molecule has 0 atom stereocenters. The van der Waals surface area contributed by atoms with Crippen LogP contribution < -0.4 is 14.6 Å². The van der Waals surface area contributed by atoms with Crippen molar-refractivity contribution in [3.05, 3.63) is 96.4 Å². The third-order valence-electron chi connectivity index (χ3n) is 5.53. The molecule has 0 aliphatic carbocycles. The van der Waals surface area contributed by atoms with Crippen LogP contribution in [0.2, 0.25) is 0 Å². The minimum Gasteiger partial charge on any atom is -0.451 e. The standard InChI is InChI=1S/C26H23N5O3/c1-18-25(19(2)34-29-18)23-16-28-24-15-20(10-13-31(23)24)26(32)27-11-14-30-12-6-9-22(17-30)33-21-7-4-3-5-8-21/h3-10,12-13,15-17H,11,14H2,1-2H3/p+1. The second kappa shape index (κ2) is 9.19. The largest absolute Gasteiger partial charge is 0.451 e. The van der Waals surface area contributed by atoms with E-state index < -0.39 is 0 Å². The SMILES string of the molecule is Cc1noc(C)c1-c1cnc2cc(C(=O)NCC[n+]3cccc(Oc4ccccc4)c3)ccn12. The zero-order valence-corrected chi connectivity index (χ0v) is 18.9. The van der Waals surface area contributed by atoms with Crippen molar-refractivity contribution in [3.8, 4) is 22.8 Å². The zero-order valence-electron chi connectivity index (χ0n) is 18.9. The predicted octanol–water partition coefficient (Wildman–Crippen LogP) is 4.12. The van der Waals surface area contributed by atoms with Gasteiger partial charge >= 0.3 is 0 Å². The molecule has 0 saturated heterocycles. The summed E-state index contributed by atoms with van der Waals surface area (Å²) in [7, 11) is 0. The lowest BCUT2D eigenvalue weighted by atomic mass is 10.1. The normalized spacial score (nSPS) is 11.0. The number of hydrogen-bond acceptors (Lipinski definition) is 5. The van der Waals surface area contributed by atoms with Gasteiger partial charge in [-0.1, -0.05) is 23.4 Å². The number of pyridine rings is 2. The summed E-state index contributed by atoms with van der Waals surface area (Å²) in [6.07, 6.45) is 7.46. The number of carbonyl (C=O) groups excluding carboxylic acids is 1. The number of ether oxygens (including phenoxy) is 1. The average molecular weight is 455 g/mol. The fraction of sp³-hybridized carbons (Fsp3) is 0.154. The number of rotatable bonds is 7. The summed E-state index contributed by atoms with van der Waals surface area (Å²) in [5.74, 6) is 2.10. The summed E-state index contributed by atoms with van der Waals surface area (Å²) in [6, 6.07) is 17.0. The van der Waals surface area contributed by atoms with Crippen LogP contribution >= 0.6 is 0 Å². The van der Waals surface area contributed by atoms with Crippen LogP contribution in [0.25, 0.3) is 16.9 Å². The summed E-state index contributed by atoms with van der Waals surface area (Å²) < 4.78 is 15.1. The van der Waals surface area contributed by atoms with Gasteiger partial charge in [-0.2, -0.15) is 4.57 Å². The van der Waals surface area contributed by atoms with Crippen LogP contribution in [0, 0.1) is 13.8 Å². The lowest BCUT2D eigenvalue weighted by Crippen LogP contribution is -2.40. The summed E-state index contributed by atoms with van der Waals surface area (Å²) in [6.45, 7) is 4.86. The zero-order chi connectivity index (χ0) is 23.5. The number of imidazole rings is 1. The number of carbonyl (C=O) groups is 1. The van der Waals surface area contributed by atoms with E-state index in [4.69, 9.17) is 9.26 Å². The van der Waals surface area contributed by atoms with Crippen molar-refractivity contribution < 1.29 is 18.6 Å². The Bertz CT molecular complexity index is 1440. The van der Waals surface area contributed by atoms with Crippen LogP contribution in [-0.2, 0) is 6.54 Å². The van der Waals surface area contributed by atoms with E-state index in [-0.39, 0.29) is 5.91 Å². The summed E-state index contributed by atoms with van der Waals surface area (Å²) >= 11 is 0. The molecule has 1 amide bonds. The Morgan fingerprint density at radius 1 is 1.12 bits per heavy atom. The fourth-order valence-electron chi connectivity index (χ4n) is 3.88. The second-order valence-electron chi connectivity index (χ2n) is 7.93. The van der Waals surface area contributed by atoms with E-state index in [1.165, 1.54) is 0 Å². The average Bonchev–Trinajstić information content (AvgIpc) is 3.41. The smallest absolute Gasteiger partial charge is 0.251 e. The van der Waals surface area contributed by atoms with Gasteiger partial charge in [-0.15, -0.1) is 0 Å². The van der Waals surface area contributed by atoms with Gasteiger partial charge in [0.25, 0.3) is 5.91 Å². The minimum absolute atomic E-state index is 0.151. The van der Waals surface area contributed by atoms with Crippen LogP contribution in [0.4, 0.5) is 0 Å². The predicted molar refractivity (Wildman–Crippen MR) is 126 cm³/mol. The van der Waals surface area contributed by atoms with E-state index in [2.05, 4.69) is 15.5 Å². The first-order valence-electron chi connectivity index (χ1n) is 11.0. The first-order valence-corrected chi connectivity index (χ1v) is 11.0. The Labute approximate surface area is 196 Å². The number of aromatic nitrogens is 4. The van der Waals surface area contributed by atoms with Crippen LogP contribution in [-0.4, -0.2) is 27.0 Å². The molecule has 5 aromatic rings. The number of nitrogens with zero attached hydrogens (tertiary/aromatic N) is 4. The first kappa shape index (κ1) is 21.4. The maximum absolute atomic E-state index is 12.7. The molecule has 0 bridgehead atoms. The van der Waals surface area contributed by atoms with Crippen LogP contribution in [0.1, 0.15) is 21.8 Å². The number of amides is 1. The van der Waals surface area contributed by atoms with Gasteiger partial charge in [0.1, 0.15) is 17.2 Å². The molecule has 170 valence electrons. The first-order chi connectivity index (χ1) is 16.6. The molecular formula is C26H24N5O3+. The third-order valence-corrected chi connectivity index (χ3v) is 5.53. The van der Waals surface area contributed by atoms with Crippen molar-refractivity contribution in [2.24, 2.45) is 0 Å². The van der Waals surface area contributed by atoms with Gasteiger partial charge in [-0.3, -0.25) is 9.20 Å². The van der Waals surface area contributed by atoms with Gasteiger partial charge in [0.2, 0.25) is 6.20 Å². The van der Waals surface area contributed by atoms with E-state index >= 15 is 0 Å². The molecule has 0 saturated carbocycles. The van der Waals surface area contributed by atoms with E-state index in [1.807, 2.05) is 83.9 Å². The van der Waals surface area contributed by atoms with Crippen molar-refractivity contribution in [1.29, 1.82) is 0 Å². The Balaban J connectivity index is 1.23. The number of aryl methyl sites for hydroxylation is 2. The molecule has 1 aromatic carbocycles. The molecule has 0 fully saturated rings. The van der Waals surface area contributed by atoms with E-state index in [0.717, 1.165) is 34.2 Å². The maximum Gasteiger partial charge on any atom is 0.251 e. The molecule has 8 heteroatoms. The number of hydrogen-bond donors (Lipinski definition) is 1. The van der Waals surface area contributed by atoms with Gasteiger partial charge in [0, 0.05) is 17.8 Å². The van der Waals surface area contributed by atoms with Crippen LogP contribution in [0.15, 0.2) is 83.9 Å². The molecule has 4 heterocycles. The molecule has 34 heavy (non-hydrogen) atoms. The van der Waals surface area contributed by atoms with Crippen LogP contribution in [0.3, 0.4) is 0 Å². The lowest BCUT2D eigenvalue weighted by Gasteiger charge is -2.06. The summed E-state index contributed by atoms with van der Waals surface area (Å²) in [4.78, 5) is 17.2. The molecular weight excluding hydrogens is 430 g/mol. The number of nitrogens with one attached hydrogen (secondary N) is 1. The second-order valence-corrected chi connectivity index (χ2v) is 7.93. The topological polar surface area (TPSA) is 85.5 Å². The highest BCUT2D eigenvalue weighted by Crippen LogP contribution is 2.27. The van der Waals surface area contributed by atoms with Crippen molar-refractivity contribution in [3.63, 3.8) is 0 Å². The van der Waals surface area contributed by atoms with E-state index in [1.54, 1.807) is 18.3 Å². The quantitative estimate of drug-likeness (QED) is 0.374. The maximum atomic E-state index is 12.7. The van der Waals surface area contributed by atoms with E-state index in [0.29, 0.717) is 24.3 Å². The number of fused-ring (bicyclic) bond motifs is 1. The lowest BCUT2D eigenvalue weighted by molar-refractivity contribution is -0.695. The Hall–Kier alpha value is -4.46. The Kier molecular flexibility index (Phi) is 5.78. The molecule has 0 aliphatic rings.